The van der Waals surface area contributed by atoms with E-state index in [1.165, 1.54) is 62.4 Å². The van der Waals surface area contributed by atoms with Crippen molar-refractivity contribution in [2.45, 2.75) is 43.9 Å². The average Bonchev–Trinajstić information content (AvgIpc) is 3.24. The monoisotopic (exact) mass is 598 g/mol. The van der Waals surface area contributed by atoms with E-state index >= 15 is 0 Å². The summed E-state index contributed by atoms with van der Waals surface area (Å²) in [7, 11) is 4.33. The number of phenolic OH excluding ortho intramolecular Hbond substituents is 1. The Labute approximate surface area is 264 Å². The quantitative estimate of drug-likeness (QED) is 0.223. The Morgan fingerprint density at radius 1 is 0.864 bits per heavy atom. The van der Waals surface area contributed by atoms with Crippen LogP contribution in [0.5, 0.6) is 5.75 Å². The van der Waals surface area contributed by atoms with E-state index in [1.807, 2.05) is 36.7 Å². The molecule has 3 nitrogen and oxygen atoms in total. The molecule has 3 unspecified atom stereocenters. The van der Waals surface area contributed by atoms with Crippen molar-refractivity contribution in [1.82, 2.24) is 4.90 Å². The number of fused-ring (bicyclic) bond motifs is 5. The van der Waals surface area contributed by atoms with Gasteiger partial charge < -0.3 is 10.0 Å². The molecule has 3 atom stereocenters. The Morgan fingerprint density at radius 3 is 2.52 bits per heavy atom. The molecule has 44 heavy (non-hydrogen) atoms. The molecule has 7 rings (SSSR count). The van der Waals surface area contributed by atoms with E-state index in [-0.39, 0.29) is 17.6 Å². The van der Waals surface area contributed by atoms with Crippen molar-refractivity contribution in [2.75, 3.05) is 20.6 Å². The summed E-state index contributed by atoms with van der Waals surface area (Å²) in [6.45, 7) is 1.15. The van der Waals surface area contributed by atoms with Crippen molar-refractivity contribution in [3.63, 3.8) is 0 Å². The fourth-order valence-electron chi connectivity index (χ4n) is 7.52. The number of halogens is 1. The summed E-state index contributed by atoms with van der Waals surface area (Å²) in [4.78, 5) is 6.94. The maximum absolute atomic E-state index is 10.3. The predicted octanol–water partition coefficient (Wildman–Crippen LogP) is 7.52. The SMILES string of the molecule is CN(C)CCCCC1CC=c2ccc3c(c2C1)C(c1ccccc1C1C=NC=Cc2cc(O)ccc21)C=c1cc(Cl)ccc1=3. The molecule has 4 heteroatoms. The Bertz CT molecular complexity index is 2010. The van der Waals surface area contributed by atoms with Gasteiger partial charge in [-0.05, 0) is 137 Å². The summed E-state index contributed by atoms with van der Waals surface area (Å²) in [5.41, 5.74) is 7.61. The maximum atomic E-state index is 10.3. The zero-order valence-corrected chi connectivity index (χ0v) is 26.3. The highest BCUT2D eigenvalue weighted by atomic mass is 35.5. The highest BCUT2D eigenvalue weighted by Crippen LogP contribution is 2.40. The van der Waals surface area contributed by atoms with Gasteiger partial charge in [0, 0.05) is 29.3 Å². The number of hydrogen-bond acceptors (Lipinski definition) is 3. The predicted molar refractivity (Wildman–Crippen MR) is 184 cm³/mol. The third kappa shape index (κ3) is 5.56. The summed E-state index contributed by atoms with van der Waals surface area (Å²) in [5, 5.41) is 16.2. The molecule has 0 amide bonds. The van der Waals surface area contributed by atoms with Gasteiger partial charge in [0.2, 0.25) is 0 Å². The molecule has 1 heterocycles. The average molecular weight is 599 g/mol. The number of rotatable bonds is 7. The van der Waals surface area contributed by atoms with Gasteiger partial charge in [-0.1, -0.05) is 78.7 Å². The molecule has 0 fully saturated rings. The molecule has 0 aromatic heterocycles. The first kappa shape index (κ1) is 28.8. The normalized spacial score (nSPS) is 19.7. The van der Waals surface area contributed by atoms with Gasteiger partial charge in [-0.3, -0.25) is 4.99 Å². The highest BCUT2D eigenvalue weighted by molar-refractivity contribution is 6.30. The van der Waals surface area contributed by atoms with Crippen molar-refractivity contribution in [1.29, 1.82) is 0 Å². The Kier molecular flexibility index (Phi) is 8.01. The van der Waals surface area contributed by atoms with E-state index in [1.54, 1.807) is 6.07 Å². The van der Waals surface area contributed by atoms with Crippen LogP contribution >= 0.6 is 11.6 Å². The first-order chi connectivity index (χ1) is 21.5. The summed E-state index contributed by atoms with van der Waals surface area (Å²) in [6.07, 6.45) is 16.8. The Hall–Kier alpha value is -3.92. The lowest BCUT2D eigenvalue weighted by molar-refractivity contribution is 0.374. The molecule has 1 N–H and O–H groups in total. The fourth-order valence-corrected chi connectivity index (χ4v) is 7.70. The van der Waals surface area contributed by atoms with Gasteiger partial charge in [-0.15, -0.1) is 0 Å². The fraction of sp³-hybridized carbons (Fsp3) is 0.275. The second-order valence-electron chi connectivity index (χ2n) is 12.8. The minimum Gasteiger partial charge on any atom is -0.508 e. The van der Waals surface area contributed by atoms with E-state index in [0.29, 0.717) is 5.92 Å². The third-order valence-electron chi connectivity index (χ3n) is 9.63. The number of aromatic hydroxyl groups is 1. The van der Waals surface area contributed by atoms with Crippen LogP contribution < -0.4 is 10.4 Å². The van der Waals surface area contributed by atoms with Crippen molar-refractivity contribution < 1.29 is 5.11 Å². The minimum atomic E-state index is -0.0371. The molecule has 4 aromatic carbocycles. The molecule has 0 spiro atoms. The zero-order chi connectivity index (χ0) is 30.2. The number of nitrogens with zero attached hydrogens (tertiary/aromatic N) is 2. The molecule has 0 saturated heterocycles. The van der Waals surface area contributed by atoms with Crippen molar-refractivity contribution in [2.24, 2.45) is 10.9 Å². The van der Waals surface area contributed by atoms with Gasteiger partial charge in [0.05, 0.1) is 0 Å². The van der Waals surface area contributed by atoms with Crippen molar-refractivity contribution in [3.05, 3.63) is 138 Å². The summed E-state index contributed by atoms with van der Waals surface area (Å²) >= 11 is 6.58. The summed E-state index contributed by atoms with van der Waals surface area (Å²) < 4.78 is 0. The summed E-state index contributed by atoms with van der Waals surface area (Å²) in [6, 6.07) is 25.5. The number of unbranched alkanes of at least 4 members (excludes halogenated alkanes) is 1. The van der Waals surface area contributed by atoms with Crippen LogP contribution in [0.4, 0.5) is 0 Å². The number of hydrogen-bond donors (Lipinski definition) is 1. The number of phenols is 1. The zero-order valence-electron chi connectivity index (χ0n) is 25.5. The molecule has 4 aromatic rings. The Morgan fingerprint density at radius 2 is 1.68 bits per heavy atom. The topological polar surface area (TPSA) is 35.8 Å². The van der Waals surface area contributed by atoms with Crippen LogP contribution in [-0.2, 0) is 6.42 Å². The molecule has 1 aliphatic heterocycles. The van der Waals surface area contributed by atoms with Gasteiger partial charge in [-0.2, -0.15) is 0 Å². The molecule has 0 radical (unpaired) electrons. The van der Waals surface area contributed by atoms with Crippen LogP contribution in [0.1, 0.15) is 70.9 Å². The number of aliphatic imine (C=N–C) groups is 1. The first-order valence-corrected chi connectivity index (χ1v) is 16.2. The van der Waals surface area contributed by atoms with Gasteiger partial charge >= 0.3 is 0 Å². The van der Waals surface area contributed by atoms with Crippen LogP contribution in [0.3, 0.4) is 0 Å². The number of benzene rings is 4. The van der Waals surface area contributed by atoms with Crippen LogP contribution in [0.2, 0.25) is 5.02 Å². The largest absolute Gasteiger partial charge is 0.508 e. The van der Waals surface area contributed by atoms with Gasteiger partial charge in [-0.25, -0.2) is 0 Å². The minimum absolute atomic E-state index is 0.0371. The second kappa shape index (κ2) is 12.2. The maximum Gasteiger partial charge on any atom is 0.116 e. The lowest BCUT2D eigenvalue weighted by atomic mass is 9.74. The lowest BCUT2D eigenvalue weighted by Crippen LogP contribution is -2.26. The molecular weight excluding hydrogens is 560 g/mol. The van der Waals surface area contributed by atoms with E-state index < -0.39 is 0 Å². The van der Waals surface area contributed by atoms with E-state index in [9.17, 15) is 5.11 Å². The second-order valence-corrected chi connectivity index (χ2v) is 13.2. The third-order valence-corrected chi connectivity index (χ3v) is 9.87. The molecule has 2 aliphatic carbocycles. The molecule has 222 valence electrons. The van der Waals surface area contributed by atoms with E-state index in [0.717, 1.165) is 35.5 Å². The van der Waals surface area contributed by atoms with Gasteiger partial charge in [0.1, 0.15) is 5.75 Å². The standard InChI is InChI=1S/C40H39ClN2O/c1-43(2)20-6-5-7-26-10-11-27-12-15-36-33-16-13-30(41)22-29(33)24-38(40(36)37(27)21-26)34-8-3-4-9-35(34)39-25-42-19-18-28-23-31(44)14-17-32(28)39/h3-4,8-9,11-19,22-26,38-39,44H,5-7,10,20-21H2,1-2H3. The van der Waals surface area contributed by atoms with E-state index in [2.05, 4.69) is 84.7 Å². The van der Waals surface area contributed by atoms with Gasteiger partial charge in [0.15, 0.2) is 0 Å². The van der Waals surface area contributed by atoms with Crippen molar-refractivity contribution >= 4 is 36.0 Å². The van der Waals surface area contributed by atoms with Crippen LogP contribution in [-0.4, -0.2) is 36.9 Å². The molecule has 0 saturated carbocycles. The smallest absolute Gasteiger partial charge is 0.116 e. The van der Waals surface area contributed by atoms with E-state index in [4.69, 9.17) is 11.6 Å². The molecular formula is C40H39ClN2O. The Balaban J connectivity index is 1.39. The summed E-state index contributed by atoms with van der Waals surface area (Å²) in [5.74, 6) is 0.973. The van der Waals surface area contributed by atoms with Crippen molar-refractivity contribution in [3.8, 4) is 5.75 Å². The van der Waals surface area contributed by atoms with Crippen LogP contribution in [0.25, 0.3) is 18.2 Å². The van der Waals surface area contributed by atoms with Crippen LogP contribution in [0, 0.1) is 16.4 Å². The van der Waals surface area contributed by atoms with Gasteiger partial charge in [0.25, 0.3) is 0 Å². The van der Waals surface area contributed by atoms with Crippen LogP contribution in [0.15, 0.2) is 84.0 Å². The first-order valence-electron chi connectivity index (χ1n) is 15.9. The molecule has 0 bridgehead atoms. The lowest BCUT2D eigenvalue weighted by Gasteiger charge is -2.29. The molecule has 3 aliphatic rings. The highest BCUT2D eigenvalue weighted by Gasteiger charge is 2.28.